The fourth-order valence-electron chi connectivity index (χ4n) is 3.15. The third-order valence-corrected chi connectivity index (χ3v) is 5.77. The number of ether oxygens (including phenoxy) is 3. The highest BCUT2D eigenvalue weighted by molar-refractivity contribution is 6.31. The van der Waals surface area contributed by atoms with E-state index in [4.69, 9.17) is 25.8 Å². The van der Waals surface area contributed by atoms with Gasteiger partial charge < -0.3 is 19.5 Å². The lowest BCUT2D eigenvalue weighted by molar-refractivity contribution is -0.124. The number of aromatic nitrogens is 1. The lowest BCUT2D eigenvalue weighted by atomic mass is 10.1. The number of carbonyl (C=O) groups excluding carboxylic acids is 1. The number of methoxy groups -OCH3 is 1. The molecule has 0 aliphatic carbocycles. The van der Waals surface area contributed by atoms with Crippen molar-refractivity contribution < 1.29 is 19.0 Å². The Morgan fingerprint density at radius 2 is 1.74 bits per heavy atom. The minimum absolute atomic E-state index is 0.113. The molecular weight excluding hydrogens is 500 g/mol. The molecular formula is C31H45ClN2O4. The van der Waals surface area contributed by atoms with Crippen molar-refractivity contribution in [3.8, 4) is 23.0 Å². The molecule has 1 N–H and O–H groups in total. The second-order valence-electron chi connectivity index (χ2n) is 9.32. The topological polar surface area (TPSA) is 69.7 Å². The molecule has 7 heteroatoms. The zero-order valence-electron chi connectivity index (χ0n) is 24.5. The summed E-state index contributed by atoms with van der Waals surface area (Å²) in [4.78, 5) is 15.4. The maximum Gasteiger partial charge on any atom is 0.222 e. The van der Waals surface area contributed by atoms with Crippen LogP contribution in [0.5, 0.6) is 23.0 Å². The number of pyridine rings is 1. The summed E-state index contributed by atoms with van der Waals surface area (Å²) >= 11 is 6.19. The van der Waals surface area contributed by atoms with E-state index in [1.807, 2.05) is 65.0 Å². The number of nitrogens with zero attached hydrogens (tertiary/aromatic N) is 1. The fourth-order valence-corrected chi connectivity index (χ4v) is 3.32. The van der Waals surface area contributed by atoms with Crippen LogP contribution >= 0.6 is 11.6 Å². The second-order valence-corrected chi connectivity index (χ2v) is 9.73. The Balaban J connectivity index is 0.000000470. The van der Waals surface area contributed by atoms with Crippen LogP contribution in [0, 0.1) is 18.8 Å². The standard InChI is InChI=1S/C20H20ClNO3.C9H19NO.C2H6/c1-4-9-24-20-12-17-15(11-19(20)23-3)18(7-8-22-17)25-14-6-5-13(2)16(21)10-14;1-7(2)5-6-10-9(11)8(3)4;1-2/h5-8,10-12H,4,9H2,1-3H3;7-8H,5-6H2,1-4H3,(H,10,11);1-2H3. The number of halogens is 1. The van der Waals surface area contributed by atoms with E-state index >= 15 is 0 Å². The van der Waals surface area contributed by atoms with E-state index in [9.17, 15) is 4.79 Å². The van der Waals surface area contributed by atoms with Crippen molar-refractivity contribution in [3.05, 3.63) is 53.2 Å². The number of nitrogens with one attached hydrogen (secondary N) is 1. The van der Waals surface area contributed by atoms with Gasteiger partial charge in [0.05, 0.1) is 19.2 Å². The fraction of sp³-hybridized carbons (Fsp3) is 0.484. The molecule has 0 unspecified atom stereocenters. The Morgan fingerprint density at radius 1 is 1.03 bits per heavy atom. The van der Waals surface area contributed by atoms with Gasteiger partial charge in [0.25, 0.3) is 0 Å². The highest BCUT2D eigenvalue weighted by atomic mass is 35.5. The summed E-state index contributed by atoms with van der Waals surface area (Å²) in [5, 5.41) is 4.39. The van der Waals surface area contributed by atoms with Crippen molar-refractivity contribution in [2.24, 2.45) is 11.8 Å². The van der Waals surface area contributed by atoms with Gasteiger partial charge in [-0.3, -0.25) is 9.78 Å². The quantitative estimate of drug-likeness (QED) is 0.276. The maximum atomic E-state index is 11.0. The number of carbonyl (C=O) groups is 1. The lowest BCUT2D eigenvalue weighted by Crippen LogP contribution is -2.29. The first-order chi connectivity index (χ1) is 18.2. The SMILES string of the molecule is CC.CC(C)CCNC(=O)C(C)C.CCCOc1cc2nccc(Oc3ccc(C)c(Cl)c3)c2cc1OC. The maximum absolute atomic E-state index is 11.0. The van der Waals surface area contributed by atoms with Crippen LogP contribution in [-0.2, 0) is 4.79 Å². The number of hydrogen-bond donors (Lipinski definition) is 1. The van der Waals surface area contributed by atoms with E-state index in [-0.39, 0.29) is 11.8 Å². The molecule has 0 radical (unpaired) electrons. The van der Waals surface area contributed by atoms with Gasteiger partial charge in [0.1, 0.15) is 11.5 Å². The zero-order valence-corrected chi connectivity index (χ0v) is 25.2. The first kappa shape index (κ1) is 33.0. The molecule has 3 aromatic rings. The number of benzene rings is 2. The smallest absolute Gasteiger partial charge is 0.222 e. The highest BCUT2D eigenvalue weighted by Gasteiger charge is 2.12. The Morgan fingerprint density at radius 3 is 2.32 bits per heavy atom. The van der Waals surface area contributed by atoms with Gasteiger partial charge in [0, 0.05) is 35.1 Å². The Labute approximate surface area is 234 Å². The third kappa shape index (κ3) is 10.8. The van der Waals surface area contributed by atoms with Crippen molar-refractivity contribution in [1.29, 1.82) is 0 Å². The predicted octanol–water partition coefficient (Wildman–Crippen LogP) is 8.62. The normalized spacial score (nSPS) is 10.3. The summed E-state index contributed by atoms with van der Waals surface area (Å²) in [5.74, 6) is 3.63. The molecule has 0 saturated carbocycles. The summed E-state index contributed by atoms with van der Waals surface area (Å²) in [5.41, 5.74) is 1.79. The van der Waals surface area contributed by atoms with E-state index in [2.05, 4.69) is 31.1 Å². The van der Waals surface area contributed by atoms with Crippen LogP contribution in [0.2, 0.25) is 5.02 Å². The lowest BCUT2D eigenvalue weighted by Gasteiger charge is -2.14. The molecule has 2 aromatic carbocycles. The van der Waals surface area contributed by atoms with Crippen molar-refractivity contribution in [2.75, 3.05) is 20.3 Å². The summed E-state index contributed by atoms with van der Waals surface area (Å²) in [6.07, 6.45) is 3.70. The van der Waals surface area contributed by atoms with E-state index in [0.717, 1.165) is 35.9 Å². The molecule has 0 bridgehead atoms. The average molecular weight is 545 g/mol. The van der Waals surface area contributed by atoms with Gasteiger partial charge in [-0.2, -0.15) is 0 Å². The molecule has 0 fully saturated rings. The Bertz CT molecular complexity index is 1130. The van der Waals surface area contributed by atoms with Gasteiger partial charge in [-0.25, -0.2) is 0 Å². The molecule has 0 aliphatic rings. The van der Waals surface area contributed by atoms with Crippen molar-refractivity contribution in [2.45, 2.75) is 68.2 Å². The van der Waals surface area contributed by atoms with Crippen LogP contribution in [0.15, 0.2) is 42.6 Å². The summed E-state index contributed by atoms with van der Waals surface area (Å²) in [6, 6.07) is 11.2. The molecule has 1 aromatic heterocycles. The monoisotopic (exact) mass is 544 g/mol. The predicted molar refractivity (Wildman–Crippen MR) is 159 cm³/mol. The molecule has 0 spiro atoms. The first-order valence-corrected chi connectivity index (χ1v) is 13.8. The van der Waals surface area contributed by atoms with Gasteiger partial charge in [-0.1, -0.05) is 66.1 Å². The molecule has 3 rings (SSSR count). The van der Waals surface area contributed by atoms with Gasteiger partial charge in [0.2, 0.25) is 5.91 Å². The molecule has 38 heavy (non-hydrogen) atoms. The van der Waals surface area contributed by atoms with Crippen LogP contribution in [-0.4, -0.2) is 31.2 Å². The van der Waals surface area contributed by atoms with Gasteiger partial charge in [0.15, 0.2) is 11.5 Å². The minimum atomic E-state index is 0.113. The van der Waals surface area contributed by atoms with Crippen molar-refractivity contribution in [3.63, 3.8) is 0 Å². The molecule has 0 atom stereocenters. The summed E-state index contributed by atoms with van der Waals surface area (Å²) in [6.45, 7) is 17.6. The minimum Gasteiger partial charge on any atom is -0.493 e. The van der Waals surface area contributed by atoms with Crippen molar-refractivity contribution >= 4 is 28.4 Å². The van der Waals surface area contributed by atoms with E-state index in [1.54, 1.807) is 19.4 Å². The highest BCUT2D eigenvalue weighted by Crippen LogP contribution is 2.37. The number of aryl methyl sites for hydroxylation is 1. The molecule has 0 aliphatic heterocycles. The van der Waals surface area contributed by atoms with E-state index in [1.165, 1.54) is 0 Å². The van der Waals surface area contributed by atoms with E-state index < -0.39 is 0 Å². The number of rotatable bonds is 10. The van der Waals surface area contributed by atoms with Crippen LogP contribution in [0.25, 0.3) is 10.9 Å². The number of amides is 1. The summed E-state index contributed by atoms with van der Waals surface area (Å²) < 4.78 is 17.2. The second kappa shape index (κ2) is 17.5. The molecule has 1 heterocycles. The molecule has 0 saturated heterocycles. The Kier molecular flexibility index (Phi) is 15.2. The number of fused-ring (bicyclic) bond motifs is 1. The zero-order chi connectivity index (χ0) is 28.7. The first-order valence-electron chi connectivity index (χ1n) is 13.5. The van der Waals surface area contributed by atoms with Gasteiger partial charge >= 0.3 is 0 Å². The van der Waals surface area contributed by atoms with Gasteiger partial charge in [-0.15, -0.1) is 0 Å². The van der Waals surface area contributed by atoms with Crippen LogP contribution in [0.4, 0.5) is 0 Å². The van der Waals surface area contributed by atoms with E-state index in [0.29, 0.717) is 40.5 Å². The number of hydrogen-bond acceptors (Lipinski definition) is 5. The largest absolute Gasteiger partial charge is 0.493 e. The van der Waals surface area contributed by atoms with Crippen LogP contribution < -0.4 is 19.5 Å². The molecule has 1 amide bonds. The average Bonchev–Trinajstić information content (AvgIpc) is 2.90. The van der Waals surface area contributed by atoms with Crippen LogP contribution in [0.1, 0.15) is 66.9 Å². The summed E-state index contributed by atoms with van der Waals surface area (Å²) in [7, 11) is 1.62. The molecule has 210 valence electrons. The van der Waals surface area contributed by atoms with Gasteiger partial charge in [-0.05, 0) is 55.5 Å². The molecule has 6 nitrogen and oxygen atoms in total. The van der Waals surface area contributed by atoms with Crippen LogP contribution in [0.3, 0.4) is 0 Å². The van der Waals surface area contributed by atoms with Crippen molar-refractivity contribution in [1.82, 2.24) is 10.3 Å². The third-order valence-electron chi connectivity index (χ3n) is 5.37. The Hall–Kier alpha value is -2.99.